The van der Waals surface area contributed by atoms with Crippen molar-refractivity contribution in [2.45, 2.75) is 13.5 Å². The van der Waals surface area contributed by atoms with Crippen LogP contribution in [0.15, 0.2) is 82.5 Å². The number of ether oxygens (including phenoxy) is 1. The van der Waals surface area contributed by atoms with Crippen LogP contribution in [0, 0.1) is 6.92 Å². The Morgan fingerprint density at radius 2 is 1.82 bits per heavy atom. The molecule has 0 bridgehead atoms. The highest BCUT2D eigenvalue weighted by atomic mass is 16.5. The minimum Gasteiger partial charge on any atom is -0.392 e. The number of aromatic nitrogens is 3. The molecule has 0 radical (unpaired) electrons. The Kier molecular flexibility index (Phi) is 7.97. The number of carbonyl (C=O) groups is 1. The maximum atomic E-state index is 13.7. The van der Waals surface area contributed by atoms with E-state index in [0.717, 1.165) is 5.39 Å². The Labute approximate surface area is 252 Å². The molecule has 0 aliphatic carbocycles. The molecule has 11 nitrogen and oxygen atoms in total. The number of benzene rings is 2. The molecule has 4 N–H and O–H groups in total. The van der Waals surface area contributed by atoms with Gasteiger partial charge in [-0.1, -0.05) is 30.3 Å². The number of anilines is 3. The normalized spacial score (nSPS) is 13.2. The van der Waals surface area contributed by atoms with Crippen LogP contribution in [0.1, 0.15) is 21.6 Å². The van der Waals surface area contributed by atoms with Crippen LogP contribution < -0.4 is 21.8 Å². The number of morpholine rings is 1. The standard InChI is InChI=1S/C33H32N6O5/c1-20-25(17-27(31(41)36-20)37-29-11-10-22(18-35-29)32(42)38-12-14-44-15-13-38)24-8-5-9-28(26(24)19-40)39-30(34-2)16-21-6-3-4-7-23(21)33(39)43/h3-11,16-18,34,40H,12-15,19H2,1-2H3,(H,35,37)(H,36,41). The summed E-state index contributed by atoms with van der Waals surface area (Å²) < 4.78 is 6.88. The number of carbonyl (C=O) groups excluding carboxylic acids is 1. The zero-order chi connectivity index (χ0) is 30.8. The first-order valence-corrected chi connectivity index (χ1v) is 14.3. The van der Waals surface area contributed by atoms with E-state index in [2.05, 4.69) is 20.6 Å². The highest BCUT2D eigenvalue weighted by Crippen LogP contribution is 2.32. The molecule has 4 heterocycles. The lowest BCUT2D eigenvalue weighted by Crippen LogP contribution is -2.40. The van der Waals surface area contributed by atoms with E-state index in [0.29, 0.717) is 77.0 Å². The SMILES string of the molecule is CNc1cc2ccccc2c(=O)n1-c1cccc(-c2cc(Nc3ccc(C(=O)N4CCOCC4)cn3)c(=O)[nH]c2C)c1CO. The van der Waals surface area contributed by atoms with E-state index in [9.17, 15) is 19.5 Å². The van der Waals surface area contributed by atoms with Crippen LogP contribution in [0.25, 0.3) is 27.6 Å². The molecular weight excluding hydrogens is 560 g/mol. The van der Waals surface area contributed by atoms with E-state index in [1.165, 1.54) is 6.20 Å². The number of rotatable bonds is 7. The molecule has 0 unspecified atom stereocenters. The monoisotopic (exact) mass is 592 g/mol. The van der Waals surface area contributed by atoms with Crippen LogP contribution in [0.2, 0.25) is 0 Å². The average molecular weight is 593 g/mol. The maximum Gasteiger partial charge on any atom is 0.271 e. The minimum atomic E-state index is -0.355. The van der Waals surface area contributed by atoms with Gasteiger partial charge in [0, 0.05) is 48.5 Å². The van der Waals surface area contributed by atoms with Gasteiger partial charge < -0.3 is 30.4 Å². The average Bonchev–Trinajstić information content (AvgIpc) is 3.06. The molecule has 44 heavy (non-hydrogen) atoms. The first kappa shape index (κ1) is 28.8. The molecular formula is C33H32N6O5. The van der Waals surface area contributed by atoms with Crippen molar-refractivity contribution < 1.29 is 14.6 Å². The van der Waals surface area contributed by atoms with Gasteiger partial charge in [0.15, 0.2) is 0 Å². The Balaban J connectivity index is 1.38. The number of aliphatic hydroxyl groups is 1. The lowest BCUT2D eigenvalue weighted by Gasteiger charge is -2.26. The summed E-state index contributed by atoms with van der Waals surface area (Å²) in [4.78, 5) is 48.4. The van der Waals surface area contributed by atoms with Crippen molar-refractivity contribution in [3.8, 4) is 16.8 Å². The second-order valence-corrected chi connectivity index (χ2v) is 10.5. The quantitative estimate of drug-likeness (QED) is 0.224. The van der Waals surface area contributed by atoms with Crippen molar-refractivity contribution in [3.05, 3.63) is 110 Å². The Hall–Kier alpha value is -5.26. The molecule has 1 aliphatic rings. The van der Waals surface area contributed by atoms with Gasteiger partial charge >= 0.3 is 0 Å². The number of nitrogens with one attached hydrogen (secondary N) is 3. The van der Waals surface area contributed by atoms with Crippen molar-refractivity contribution in [1.82, 2.24) is 19.4 Å². The third-order valence-electron chi connectivity index (χ3n) is 7.83. The molecule has 1 fully saturated rings. The van der Waals surface area contributed by atoms with Crippen molar-refractivity contribution in [2.24, 2.45) is 0 Å². The van der Waals surface area contributed by atoms with Crippen LogP contribution in [-0.2, 0) is 11.3 Å². The molecule has 6 rings (SSSR count). The Bertz CT molecular complexity index is 1980. The van der Waals surface area contributed by atoms with E-state index in [1.807, 2.05) is 36.4 Å². The highest BCUT2D eigenvalue weighted by molar-refractivity contribution is 5.94. The number of nitrogens with zero attached hydrogens (tertiary/aromatic N) is 3. The van der Waals surface area contributed by atoms with E-state index >= 15 is 0 Å². The smallest absolute Gasteiger partial charge is 0.271 e. The van der Waals surface area contributed by atoms with Crippen molar-refractivity contribution >= 4 is 34.0 Å². The molecule has 224 valence electrons. The molecule has 1 saturated heterocycles. The van der Waals surface area contributed by atoms with Crippen molar-refractivity contribution in [3.63, 3.8) is 0 Å². The summed E-state index contributed by atoms with van der Waals surface area (Å²) in [6, 6.07) is 19.7. The van der Waals surface area contributed by atoms with Crippen LogP contribution >= 0.6 is 0 Å². The first-order valence-electron chi connectivity index (χ1n) is 14.3. The first-order chi connectivity index (χ1) is 21.4. The van der Waals surface area contributed by atoms with Gasteiger partial charge in [-0.05, 0) is 54.3 Å². The summed E-state index contributed by atoms with van der Waals surface area (Å²) in [5.74, 6) is 0.843. The van der Waals surface area contributed by atoms with Gasteiger partial charge in [-0.3, -0.25) is 19.0 Å². The van der Waals surface area contributed by atoms with Crippen LogP contribution in [0.3, 0.4) is 0 Å². The third kappa shape index (κ3) is 5.34. The van der Waals surface area contributed by atoms with Gasteiger partial charge in [-0.2, -0.15) is 0 Å². The number of aromatic amines is 1. The lowest BCUT2D eigenvalue weighted by atomic mass is 9.96. The van der Waals surface area contributed by atoms with Crippen LogP contribution in [-0.4, -0.2) is 63.8 Å². The number of fused-ring (bicyclic) bond motifs is 1. The highest BCUT2D eigenvalue weighted by Gasteiger charge is 2.20. The predicted octanol–water partition coefficient (Wildman–Crippen LogP) is 3.80. The van der Waals surface area contributed by atoms with Gasteiger partial charge in [0.2, 0.25) is 0 Å². The van der Waals surface area contributed by atoms with Crippen LogP contribution in [0.4, 0.5) is 17.3 Å². The fourth-order valence-electron chi connectivity index (χ4n) is 5.56. The minimum absolute atomic E-state index is 0.119. The molecule has 5 aromatic rings. The van der Waals surface area contributed by atoms with E-state index in [-0.39, 0.29) is 29.3 Å². The number of aliphatic hydroxyl groups excluding tert-OH is 1. The number of hydrogen-bond acceptors (Lipinski definition) is 8. The molecule has 0 saturated carbocycles. The molecule has 1 amide bonds. The zero-order valence-corrected chi connectivity index (χ0v) is 24.4. The second-order valence-electron chi connectivity index (χ2n) is 10.5. The largest absolute Gasteiger partial charge is 0.392 e. The Morgan fingerprint density at radius 3 is 2.55 bits per heavy atom. The topological polar surface area (TPSA) is 142 Å². The summed E-state index contributed by atoms with van der Waals surface area (Å²) in [5, 5.41) is 18.2. The van der Waals surface area contributed by atoms with Gasteiger partial charge in [0.1, 0.15) is 17.3 Å². The zero-order valence-electron chi connectivity index (χ0n) is 24.4. The summed E-state index contributed by atoms with van der Waals surface area (Å²) >= 11 is 0. The number of H-pyrrole nitrogens is 1. The van der Waals surface area contributed by atoms with Crippen molar-refractivity contribution in [2.75, 3.05) is 44.0 Å². The molecule has 0 spiro atoms. The van der Waals surface area contributed by atoms with E-state index in [1.54, 1.807) is 53.8 Å². The fraction of sp³-hybridized carbons (Fsp3) is 0.212. The van der Waals surface area contributed by atoms with Gasteiger partial charge in [0.05, 0.1) is 31.1 Å². The number of hydrogen-bond donors (Lipinski definition) is 4. The summed E-state index contributed by atoms with van der Waals surface area (Å²) in [6.45, 7) is 3.50. The molecule has 11 heteroatoms. The second kappa shape index (κ2) is 12.2. The van der Waals surface area contributed by atoms with Gasteiger partial charge in [-0.25, -0.2) is 4.98 Å². The molecule has 2 aromatic carbocycles. The fourth-order valence-corrected chi connectivity index (χ4v) is 5.56. The maximum absolute atomic E-state index is 13.7. The number of pyridine rings is 3. The van der Waals surface area contributed by atoms with Gasteiger partial charge in [0.25, 0.3) is 17.0 Å². The van der Waals surface area contributed by atoms with Crippen LogP contribution in [0.5, 0.6) is 0 Å². The molecule has 3 aromatic heterocycles. The van der Waals surface area contributed by atoms with E-state index in [4.69, 9.17) is 4.74 Å². The van der Waals surface area contributed by atoms with E-state index < -0.39 is 0 Å². The molecule has 0 atom stereocenters. The summed E-state index contributed by atoms with van der Waals surface area (Å²) in [7, 11) is 1.74. The summed E-state index contributed by atoms with van der Waals surface area (Å²) in [6.07, 6.45) is 1.48. The Morgan fingerprint density at radius 1 is 1.02 bits per heavy atom. The predicted molar refractivity (Wildman–Crippen MR) is 170 cm³/mol. The van der Waals surface area contributed by atoms with Crippen molar-refractivity contribution in [1.29, 1.82) is 0 Å². The lowest BCUT2D eigenvalue weighted by molar-refractivity contribution is 0.0302. The summed E-state index contributed by atoms with van der Waals surface area (Å²) in [5.41, 5.74) is 3.06. The number of amides is 1. The molecule has 1 aliphatic heterocycles. The third-order valence-corrected chi connectivity index (χ3v) is 7.83. The van der Waals surface area contributed by atoms with Gasteiger partial charge in [-0.15, -0.1) is 0 Å². The number of aryl methyl sites for hydroxylation is 1.